The second-order valence-corrected chi connectivity index (χ2v) is 2.69. The summed E-state index contributed by atoms with van der Waals surface area (Å²) >= 11 is -1.49. The SMILES string of the molecule is [NH]=[Co](=[NH])[c]1ccccn1. The summed E-state index contributed by atoms with van der Waals surface area (Å²) in [6, 6.07) is 5.27. The molecule has 0 atom stereocenters. The van der Waals surface area contributed by atoms with E-state index in [9.17, 15) is 0 Å². The molecule has 2 N–H and O–H groups in total. The summed E-state index contributed by atoms with van der Waals surface area (Å²) in [7, 11) is 0. The van der Waals surface area contributed by atoms with E-state index in [1.54, 1.807) is 24.4 Å². The second-order valence-electron chi connectivity index (χ2n) is 1.38. The minimum atomic E-state index is -1.49. The Morgan fingerprint density at radius 1 is 1.33 bits per heavy atom. The van der Waals surface area contributed by atoms with Gasteiger partial charge in [-0.2, -0.15) is 0 Å². The van der Waals surface area contributed by atoms with Crippen molar-refractivity contribution in [1.29, 1.82) is 8.82 Å². The monoisotopic (exact) mass is 167 g/mol. The van der Waals surface area contributed by atoms with Gasteiger partial charge >= 0.3 is 56.1 Å². The van der Waals surface area contributed by atoms with Crippen LogP contribution in [0.2, 0.25) is 0 Å². The minimum absolute atomic E-state index is 0.560. The summed E-state index contributed by atoms with van der Waals surface area (Å²) in [6.07, 6.45) is 1.60. The van der Waals surface area contributed by atoms with Crippen LogP contribution in [0.25, 0.3) is 0 Å². The van der Waals surface area contributed by atoms with Crippen LogP contribution in [0.1, 0.15) is 0 Å². The molecule has 4 heteroatoms. The molecule has 0 aliphatic rings. The molecular weight excluding hydrogens is 161 g/mol. The normalized spacial score (nSPS) is 10.9. The van der Waals surface area contributed by atoms with Crippen LogP contribution < -0.4 is 4.63 Å². The first-order valence-corrected chi connectivity index (χ1v) is 3.83. The van der Waals surface area contributed by atoms with E-state index >= 15 is 0 Å². The molecule has 0 saturated heterocycles. The van der Waals surface area contributed by atoms with Gasteiger partial charge in [-0.25, -0.2) is 0 Å². The Labute approximate surface area is 56.7 Å². The number of pyridine rings is 1. The maximum atomic E-state index is 6.99. The Hall–Kier alpha value is -0.744. The first-order chi connectivity index (χ1) is 4.30. The Morgan fingerprint density at radius 2 is 2.11 bits per heavy atom. The van der Waals surface area contributed by atoms with Crippen molar-refractivity contribution < 1.29 is 13.3 Å². The van der Waals surface area contributed by atoms with Gasteiger partial charge in [0.15, 0.2) is 0 Å². The molecule has 0 aromatic carbocycles. The van der Waals surface area contributed by atoms with E-state index < -0.39 is 13.3 Å². The summed E-state index contributed by atoms with van der Waals surface area (Å²) in [4.78, 5) is 3.83. The van der Waals surface area contributed by atoms with Gasteiger partial charge in [-0.1, -0.05) is 0 Å². The third-order valence-electron chi connectivity index (χ3n) is 0.786. The van der Waals surface area contributed by atoms with Gasteiger partial charge in [-0.05, 0) is 0 Å². The molecule has 0 aliphatic heterocycles. The molecule has 1 heterocycles. The molecule has 0 aliphatic carbocycles. The van der Waals surface area contributed by atoms with Crippen molar-refractivity contribution in [3.05, 3.63) is 24.4 Å². The van der Waals surface area contributed by atoms with Crippen LogP contribution in [-0.2, 0) is 13.3 Å². The molecule has 9 heavy (non-hydrogen) atoms. The summed E-state index contributed by atoms with van der Waals surface area (Å²) in [6.45, 7) is 0. The molecule has 0 unspecified atom stereocenters. The van der Waals surface area contributed by atoms with Gasteiger partial charge in [0.2, 0.25) is 0 Å². The molecule has 3 nitrogen and oxygen atoms in total. The van der Waals surface area contributed by atoms with Crippen molar-refractivity contribution >= 4 is 4.63 Å². The van der Waals surface area contributed by atoms with Gasteiger partial charge < -0.3 is 0 Å². The molecule has 50 valence electrons. The van der Waals surface area contributed by atoms with Crippen molar-refractivity contribution in [2.75, 3.05) is 0 Å². The number of nitrogens with one attached hydrogen (secondary N) is 2. The molecule has 0 spiro atoms. The molecule has 0 fully saturated rings. The van der Waals surface area contributed by atoms with Crippen molar-refractivity contribution in [2.24, 2.45) is 0 Å². The van der Waals surface area contributed by atoms with E-state index in [1.807, 2.05) is 0 Å². The van der Waals surface area contributed by atoms with E-state index in [0.717, 1.165) is 0 Å². The number of hydrogen-bond donors (Lipinski definition) is 2. The summed E-state index contributed by atoms with van der Waals surface area (Å²) in [5.41, 5.74) is 0. The summed E-state index contributed by atoms with van der Waals surface area (Å²) in [5, 5.41) is 0. The Bertz CT molecular complexity index is 244. The van der Waals surface area contributed by atoms with Gasteiger partial charge in [0.1, 0.15) is 0 Å². The molecule has 1 aromatic heterocycles. The Kier molecular flexibility index (Phi) is 1.91. The summed E-state index contributed by atoms with van der Waals surface area (Å²) < 4.78 is 14.5. The maximum absolute atomic E-state index is 6.99. The molecule has 1 aromatic rings. The molecule has 0 amide bonds. The number of hydrogen-bond acceptors (Lipinski definition) is 3. The van der Waals surface area contributed by atoms with Crippen LogP contribution in [0.3, 0.4) is 0 Å². The third kappa shape index (κ3) is 1.58. The average Bonchev–Trinajstić information content (AvgIpc) is 1.90. The van der Waals surface area contributed by atoms with Gasteiger partial charge in [-0.3, -0.25) is 0 Å². The Balaban J connectivity index is 3.13. The van der Waals surface area contributed by atoms with Crippen LogP contribution in [-0.4, -0.2) is 4.98 Å². The average molecular weight is 167 g/mol. The van der Waals surface area contributed by atoms with E-state index in [-0.39, 0.29) is 0 Å². The summed E-state index contributed by atoms with van der Waals surface area (Å²) in [5.74, 6) is 0. The van der Waals surface area contributed by atoms with Crippen LogP contribution >= 0.6 is 0 Å². The van der Waals surface area contributed by atoms with Crippen molar-refractivity contribution in [3.63, 3.8) is 0 Å². The quantitative estimate of drug-likeness (QED) is 0.639. The predicted octanol–water partition coefficient (Wildman–Crippen LogP) is 0.850. The third-order valence-corrected chi connectivity index (χ3v) is 1.63. The first kappa shape index (κ1) is 6.38. The molecule has 0 saturated carbocycles. The zero-order valence-corrected chi connectivity index (χ0v) is 5.63. The van der Waals surface area contributed by atoms with Crippen molar-refractivity contribution in [1.82, 2.24) is 4.98 Å². The molecule has 0 bridgehead atoms. The van der Waals surface area contributed by atoms with Gasteiger partial charge in [-0.15, -0.1) is 0 Å². The van der Waals surface area contributed by atoms with Gasteiger partial charge in [0.25, 0.3) is 0 Å². The van der Waals surface area contributed by atoms with Crippen molar-refractivity contribution in [2.45, 2.75) is 0 Å². The number of rotatable bonds is 1. The fourth-order valence-electron chi connectivity index (χ4n) is 0.433. The van der Waals surface area contributed by atoms with Crippen LogP contribution in [0.15, 0.2) is 24.4 Å². The van der Waals surface area contributed by atoms with E-state index in [0.29, 0.717) is 4.63 Å². The number of nitrogens with zero attached hydrogens (tertiary/aromatic N) is 1. The predicted molar refractivity (Wildman–Crippen MR) is 29.3 cm³/mol. The number of aromatic nitrogens is 1. The van der Waals surface area contributed by atoms with E-state index in [2.05, 4.69) is 4.98 Å². The first-order valence-electron chi connectivity index (χ1n) is 2.27. The van der Waals surface area contributed by atoms with E-state index in [1.165, 1.54) is 0 Å². The van der Waals surface area contributed by atoms with Gasteiger partial charge in [0.05, 0.1) is 0 Å². The topological polar surface area (TPSA) is 60.6 Å². The fourth-order valence-corrected chi connectivity index (χ4v) is 0.919. The zero-order valence-electron chi connectivity index (χ0n) is 4.59. The van der Waals surface area contributed by atoms with Crippen LogP contribution in [0.4, 0.5) is 0 Å². The second kappa shape index (κ2) is 2.70. The zero-order chi connectivity index (χ0) is 6.69. The van der Waals surface area contributed by atoms with E-state index in [4.69, 9.17) is 8.82 Å². The standard InChI is InChI=1S/C5H4N.Co.2HN/c1-2-4-6-5-3-1;;;/h1-4H;;2*1H. The fraction of sp³-hybridized carbons (Fsp3) is 0. The van der Waals surface area contributed by atoms with Crippen molar-refractivity contribution in [3.8, 4) is 0 Å². The molecule has 1 rings (SSSR count). The van der Waals surface area contributed by atoms with Crippen LogP contribution in [0, 0.1) is 8.82 Å². The Morgan fingerprint density at radius 3 is 2.44 bits per heavy atom. The van der Waals surface area contributed by atoms with Crippen LogP contribution in [0.5, 0.6) is 0 Å². The molecular formula is C5H6CoN3. The molecule has 0 radical (unpaired) electrons. The van der Waals surface area contributed by atoms with Gasteiger partial charge in [0, 0.05) is 0 Å².